The van der Waals surface area contributed by atoms with Crippen LogP contribution in [-0.2, 0) is 16.0 Å². The van der Waals surface area contributed by atoms with Crippen molar-refractivity contribution < 1.29 is 14.3 Å². The number of rotatable bonds is 5. The number of nitrogens with one attached hydrogen (secondary N) is 1. The summed E-state index contributed by atoms with van der Waals surface area (Å²) in [5.74, 6) is -0.675. The van der Waals surface area contributed by atoms with Gasteiger partial charge in [-0.25, -0.2) is 4.79 Å². The monoisotopic (exact) mass is 413 g/mol. The molecule has 28 heavy (non-hydrogen) atoms. The van der Waals surface area contributed by atoms with Gasteiger partial charge in [0.1, 0.15) is 10.6 Å². The quantitative estimate of drug-likeness (QED) is 0.549. The predicted octanol–water partition coefficient (Wildman–Crippen LogP) is 5.65. The smallest absolute Gasteiger partial charge is 0.341 e. The van der Waals surface area contributed by atoms with E-state index in [1.807, 2.05) is 38.1 Å². The van der Waals surface area contributed by atoms with Crippen molar-refractivity contribution in [3.8, 4) is 11.1 Å². The molecule has 0 aliphatic rings. The summed E-state index contributed by atoms with van der Waals surface area (Å²) in [6, 6.07) is 15.0. The van der Waals surface area contributed by atoms with Gasteiger partial charge in [0, 0.05) is 15.5 Å². The fourth-order valence-electron chi connectivity index (χ4n) is 2.96. The number of carbonyl (C=O) groups is 2. The summed E-state index contributed by atoms with van der Waals surface area (Å²) in [5, 5.41) is 4.00. The molecule has 0 spiro atoms. The third-order valence-electron chi connectivity index (χ3n) is 4.34. The largest absolute Gasteiger partial charge is 0.465 e. The summed E-state index contributed by atoms with van der Waals surface area (Å²) >= 11 is 7.26. The Balaban J connectivity index is 1.93. The zero-order chi connectivity index (χ0) is 20.3. The molecule has 3 rings (SSSR count). The van der Waals surface area contributed by atoms with Gasteiger partial charge in [-0.1, -0.05) is 53.6 Å². The van der Waals surface area contributed by atoms with Crippen molar-refractivity contribution in [2.45, 2.75) is 20.3 Å². The average Bonchev–Trinajstić information content (AvgIpc) is 2.99. The molecule has 3 aromatic rings. The molecule has 1 N–H and O–H groups in total. The van der Waals surface area contributed by atoms with E-state index in [1.54, 1.807) is 24.3 Å². The zero-order valence-electron chi connectivity index (χ0n) is 15.8. The van der Waals surface area contributed by atoms with Crippen LogP contribution < -0.4 is 5.32 Å². The van der Waals surface area contributed by atoms with Crippen LogP contribution in [0.1, 0.15) is 26.4 Å². The van der Waals surface area contributed by atoms with E-state index in [9.17, 15) is 9.59 Å². The van der Waals surface area contributed by atoms with Crippen LogP contribution in [0.25, 0.3) is 11.1 Å². The molecule has 0 fully saturated rings. The Hall–Kier alpha value is -2.63. The van der Waals surface area contributed by atoms with E-state index in [0.717, 1.165) is 27.1 Å². The number of carbonyl (C=O) groups excluding carboxylic acids is 2. The fourth-order valence-corrected chi connectivity index (χ4v) is 4.16. The van der Waals surface area contributed by atoms with Crippen LogP contribution in [0.5, 0.6) is 0 Å². The molecule has 0 unspecified atom stereocenters. The molecular formula is C22H20ClNO3S. The van der Waals surface area contributed by atoms with Gasteiger partial charge in [-0.3, -0.25) is 4.79 Å². The van der Waals surface area contributed by atoms with Crippen molar-refractivity contribution in [1.29, 1.82) is 0 Å². The summed E-state index contributed by atoms with van der Waals surface area (Å²) in [7, 11) is 1.34. The minimum absolute atomic E-state index is 0.189. The van der Waals surface area contributed by atoms with E-state index in [-0.39, 0.29) is 12.3 Å². The number of hydrogen-bond donors (Lipinski definition) is 1. The van der Waals surface area contributed by atoms with Gasteiger partial charge >= 0.3 is 5.97 Å². The lowest BCUT2D eigenvalue weighted by Crippen LogP contribution is -2.16. The van der Waals surface area contributed by atoms with Crippen molar-refractivity contribution >= 4 is 39.8 Å². The van der Waals surface area contributed by atoms with Crippen LogP contribution in [0.4, 0.5) is 5.00 Å². The highest BCUT2D eigenvalue weighted by molar-refractivity contribution is 7.17. The predicted molar refractivity (Wildman–Crippen MR) is 114 cm³/mol. The number of anilines is 1. The molecule has 0 saturated carbocycles. The minimum Gasteiger partial charge on any atom is -0.465 e. The standard InChI is InChI=1S/C22H20ClNO3S/c1-13-4-8-16(9-5-13)19-14(2)28-21(20(19)22(26)27-3)24-18(25)12-15-6-10-17(23)11-7-15/h4-11H,12H2,1-3H3,(H,24,25). The van der Waals surface area contributed by atoms with Crippen LogP contribution in [0.2, 0.25) is 5.02 Å². The Bertz CT molecular complexity index is 1010. The molecule has 1 amide bonds. The van der Waals surface area contributed by atoms with E-state index < -0.39 is 5.97 Å². The number of amides is 1. The molecule has 0 aliphatic heterocycles. The number of halogens is 1. The second-order valence-corrected chi connectivity index (χ2v) is 8.11. The third kappa shape index (κ3) is 4.43. The van der Waals surface area contributed by atoms with Crippen LogP contribution in [0.15, 0.2) is 48.5 Å². The minimum atomic E-state index is -0.471. The van der Waals surface area contributed by atoms with Gasteiger partial charge in [-0.15, -0.1) is 11.3 Å². The first-order valence-electron chi connectivity index (χ1n) is 8.72. The fraction of sp³-hybridized carbons (Fsp3) is 0.182. The highest BCUT2D eigenvalue weighted by Gasteiger charge is 2.25. The lowest BCUT2D eigenvalue weighted by molar-refractivity contribution is -0.115. The lowest BCUT2D eigenvalue weighted by Gasteiger charge is -2.09. The number of aryl methyl sites for hydroxylation is 2. The van der Waals surface area contributed by atoms with Crippen molar-refractivity contribution in [2.75, 3.05) is 12.4 Å². The maximum absolute atomic E-state index is 12.5. The van der Waals surface area contributed by atoms with Gasteiger partial charge in [-0.2, -0.15) is 0 Å². The van der Waals surface area contributed by atoms with E-state index in [1.165, 1.54) is 18.4 Å². The third-order valence-corrected chi connectivity index (χ3v) is 5.62. The first-order chi connectivity index (χ1) is 13.4. The number of benzene rings is 2. The van der Waals surface area contributed by atoms with Gasteiger partial charge < -0.3 is 10.1 Å². The van der Waals surface area contributed by atoms with Crippen molar-refractivity contribution in [3.05, 3.63) is 75.1 Å². The first kappa shape index (κ1) is 20.1. The van der Waals surface area contributed by atoms with Gasteiger partial charge in [0.2, 0.25) is 5.91 Å². The Labute approximate surface area is 173 Å². The normalized spacial score (nSPS) is 10.6. The second-order valence-electron chi connectivity index (χ2n) is 6.45. The number of ether oxygens (including phenoxy) is 1. The molecule has 0 aliphatic carbocycles. The molecule has 6 heteroatoms. The van der Waals surface area contributed by atoms with Crippen molar-refractivity contribution in [3.63, 3.8) is 0 Å². The second kappa shape index (κ2) is 8.59. The summed E-state index contributed by atoms with van der Waals surface area (Å²) in [6.07, 6.45) is 0.189. The van der Waals surface area contributed by atoms with Crippen LogP contribution in [-0.4, -0.2) is 19.0 Å². The SMILES string of the molecule is COC(=O)c1c(NC(=O)Cc2ccc(Cl)cc2)sc(C)c1-c1ccc(C)cc1. The Morgan fingerprint density at radius 2 is 1.68 bits per heavy atom. The zero-order valence-corrected chi connectivity index (χ0v) is 17.4. The number of esters is 1. The highest BCUT2D eigenvalue weighted by atomic mass is 35.5. The molecule has 1 aromatic heterocycles. The average molecular weight is 414 g/mol. The maximum Gasteiger partial charge on any atom is 0.341 e. The molecule has 0 bridgehead atoms. The summed E-state index contributed by atoms with van der Waals surface area (Å²) in [5.41, 5.74) is 4.07. The topological polar surface area (TPSA) is 55.4 Å². The number of methoxy groups -OCH3 is 1. The Morgan fingerprint density at radius 3 is 2.29 bits per heavy atom. The van der Waals surface area contributed by atoms with Crippen LogP contribution in [0.3, 0.4) is 0 Å². The van der Waals surface area contributed by atoms with E-state index in [4.69, 9.17) is 16.3 Å². The van der Waals surface area contributed by atoms with E-state index >= 15 is 0 Å². The van der Waals surface area contributed by atoms with Gasteiger partial charge in [0.15, 0.2) is 0 Å². The van der Waals surface area contributed by atoms with Crippen molar-refractivity contribution in [1.82, 2.24) is 0 Å². The highest BCUT2D eigenvalue weighted by Crippen LogP contribution is 2.40. The van der Waals surface area contributed by atoms with E-state index in [0.29, 0.717) is 15.6 Å². The number of hydrogen-bond acceptors (Lipinski definition) is 4. The molecule has 144 valence electrons. The van der Waals surface area contributed by atoms with Crippen LogP contribution >= 0.6 is 22.9 Å². The molecular weight excluding hydrogens is 394 g/mol. The summed E-state index contributed by atoms with van der Waals surface area (Å²) < 4.78 is 4.99. The van der Waals surface area contributed by atoms with Gasteiger partial charge in [0.25, 0.3) is 0 Å². The summed E-state index contributed by atoms with van der Waals surface area (Å²) in [6.45, 7) is 3.94. The molecule has 4 nitrogen and oxygen atoms in total. The van der Waals surface area contributed by atoms with E-state index in [2.05, 4.69) is 5.32 Å². The molecule has 0 atom stereocenters. The molecule has 1 heterocycles. The van der Waals surface area contributed by atoms with Gasteiger partial charge in [-0.05, 0) is 37.1 Å². The molecule has 0 radical (unpaired) electrons. The van der Waals surface area contributed by atoms with Gasteiger partial charge in [0.05, 0.1) is 13.5 Å². The first-order valence-corrected chi connectivity index (χ1v) is 9.91. The molecule has 0 saturated heterocycles. The Kier molecular flexibility index (Phi) is 6.17. The summed E-state index contributed by atoms with van der Waals surface area (Å²) in [4.78, 5) is 26.0. The van der Waals surface area contributed by atoms with Crippen molar-refractivity contribution in [2.24, 2.45) is 0 Å². The maximum atomic E-state index is 12.5. The lowest BCUT2D eigenvalue weighted by atomic mass is 10.0. The molecule has 2 aromatic carbocycles. The number of thiophene rings is 1. The van der Waals surface area contributed by atoms with Crippen LogP contribution in [0, 0.1) is 13.8 Å². The Morgan fingerprint density at radius 1 is 1.04 bits per heavy atom.